The Hall–Kier alpha value is -1.49. The van der Waals surface area contributed by atoms with Crippen LogP contribution in [0.1, 0.15) is 58.3 Å². The van der Waals surface area contributed by atoms with E-state index in [-0.39, 0.29) is 0 Å². The van der Waals surface area contributed by atoms with Crippen molar-refractivity contribution in [1.82, 2.24) is 0 Å². The van der Waals surface area contributed by atoms with Crippen LogP contribution in [0.15, 0.2) is 34.6 Å². The largest absolute Gasteiger partial charge is 0.501 e. The van der Waals surface area contributed by atoms with Crippen LogP contribution in [0.4, 0.5) is 0 Å². The molecule has 3 aliphatic rings. The first kappa shape index (κ1) is 15.4. The van der Waals surface area contributed by atoms with Gasteiger partial charge in [0.1, 0.15) is 0 Å². The summed E-state index contributed by atoms with van der Waals surface area (Å²) in [7, 11) is 1.79. The molecule has 0 unspecified atom stereocenters. The molecule has 0 aliphatic heterocycles. The molecule has 3 atom stereocenters. The summed E-state index contributed by atoms with van der Waals surface area (Å²) < 4.78 is 5.47. The van der Waals surface area contributed by atoms with Crippen LogP contribution in [0.5, 0.6) is 0 Å². The minimum absolute atomic E-state index is 0.644. The lowest BCUT2D eigenvalue weighted by atomic mass is 9.59. The van der Waals surface area contributed by atoms with Gasteiger partial charge in [0.15, 0.2) is 0 Å². The molecule has 2 heteroatoms. The smallest absolute Gasteiger partial charge is 0.0959 e. The highest BCUT2D eigenvalue weighted by molar-refractivity contribution is 5.33. The Balaban J connectivity index is 1.82. The van der Waals surface area contributed by atoms with E-state index in [1.807, 2.05) is 0 Å². The molecule has 1 saturated carbocycles. The molecule has 3 aliphatic carbocycles. The van der Waals surface area contributed by atoms with Crippen LogP contribution in [0.25, 0.3) is 0 Å². The van der Waals surface area contributed by atoms with Gasteiger partial charge in [-0.25, -0.2) is 0 Å². The Morgan fingerprint density at radius 1 is 1.36 bits per heavy atom. The van der Waals surface area contributed by atoms with E-state index >= 15 is 0 Å². The first-order valence-electron chi connectivity index (χ1n) is 8.74. The minimum Gasteiger partial charge on any atom is -0.501 e. The van der Waals surface area contributed by atoms with Crippen LogP contribution in [0.2, 0.25) is 0 Å². The predicted molar refractivity (Wildman–Crippen MR) is 88.9 cm³/mol. The fraction of sp³-hybridized carbons (Fsp3) is 0.650. The van der Waals surface area contributed by atoms with Crippen molar-refractivity contribution in [3.63, 3.8) is 0 Å². The Morgan fingerprint density at radius 2 is 2.23 bits per heavy atom. The number of rotatable bonds is 3. The van der Waals surface area contributed by atoms with Crippen molar-refractivity contribution < 1.29 is 4.74 Å². The number of fused-ring (bicyclic) bond motifs is 2. The maximum Gasteiger partial charge on any atom is 0.0959 e. The number of methoxy groups -OCH3 is 1. The van der Waals surface area contributed by atoms with Crippen LogP contribution in [0.3, 0.4) is 0 Å². The number of ether oxygens (including phenoxy) is 1. The number of hydrogen-bond donors (Lipinski definition) is 0. The summed E-state index contributed by atoms with van der Waals surface area (Å²) in [5.41, 5.74) is 4.99. The van der Waals surface area contributed by atoms with E-state index in [0.29, 0.717) is 12.3 Å². The highest BCUT2D eigenvalue weighted by Crippen LogP contribution is 2.52. The second-order valence-electron chi connectivity index (χ2n) is 6.90. The highest BCUT2D eigenvalue weighted by atomic mass is 16.5. The monoisotopic (exact) mass is 297 g/mol. The average molecular weight is 297 g/mol. The summed E-state index contributed by atoms with van der Waals surface area (Å²) in [6.07, 6.45) is 13.6. The second kappa shape index (κ2) is 6.73. The zero-order valence-corrected chi connectivity index (χ0v) is 13.9. The molecule has 1 fully saturated rings. The molecule has 0 aromatic carbocycles. The third-order valence-electron chi connectivity index (χ3n) is 6.07. The summed E-state index contributed by atoms with van der Waals surface area (Å²) in [6, 6.07) is 2.36. The van der Waals surface area contributed by atoms with E-state index in [1.54, 1.807) is 23.8 Å². The maximum absolute atomic E-state index is 9.00. The van der Waals surface area contributed by atoms with Crippen molar-refractivity contribution in [2.24, 2.45) is 17.8 Å². The second-order valence-corrected chi connectivity index (χ2v) is 6.90. The van der Waals surface area contributed by atoms with E-state index in [2.05, 4.69) is 25.1 Å². The van der Waals surface area contributed by atoms with E-state index in [1.165, 1.54) is 25.7 Å². The molecular weight excluding hydrogens is 270 g/mol. The molecule has 0 heterocycles. The van der Waals surface area contributed by atoms with Crippen molar-refractivity contribution in [2.75, 3.05) is 7.11 Å². The fourth-order valence-corrected chi connectivity index (χ4v) is 5.01. The summed E-state index contributed by atoms with van der Waals surface area (Å²) in [5.74, 6) is 3.32. The lowest BCUT2D eigenvalue weighted by Gasteiger charge is -2.46. The lowest BCUT2D eigenvalue weighted by Crippen LogP contribution is -2.35. The summed E-state index contributed by atoms with van der Waals surface area (Å²) in [4.78, 5) is 0. The van der Waals surface area contributed by atoms with Gasteiger partial charge in [0, 0.05) is 12.8 Å². The van der Waals surface area contributed by atoms with Crippen molar-refractivity contribution in [3.05, 3.63) is 34.6 Å². The van der Waals surface area contributed by atoms with Crippen LogP contribution in [-0.4, -0.2) is 7.11 Å². The van der Waals surface area contributed by atoms with Crippen LogP contribution in [0, 0.1) is 29.1 Å². The van der Waals surface area contributed by atoms with Crippen LogP contribution >= 0.6 is 0 Å². The van der Waals surface area contributed by atoms with Gasteiger partial charge >= 0.3 is 0 Å². The number of nitriles is 1. The SMILES string of the molecule is C/C=C1\CC[C@@H]2C3=C(CC[C@H]2[C@@H]1CCC#N)CC(OC)=CC3. The zero-order valence-electron chi connectivity index (χ0n) is 13.9. The maximum atomic E-state index is 9.00. The molecule has 0 bridgehead atoms. The quantitative estimate of drug-likeness (QED) is 0.663. The molecule has 0 aromatic rings. The minimum atomic E-state index is 0.644. The van der Waals surface area contributed by atoms with Gasteiger partial charge in [-0.3, -0.25) is 0 Å². The summed E-state index contributed by atoms with van der Waals surface area (Å²) in [5, 5.41) is 9.00. The topological polar surface area (TPSA) is 33.0 Å². The Morgan fingerprint density at radius 3 is 2.95 bits per heavy atom. The fourth-order valence-electron chi connectivity index (χ4n) is 5.01. The number of nitrogens with zero attached hydrogens (tertiary/aromatic N) is 1. The van der Waals surface area contributed by atoms with Gasteiger partial charge in [-0.05, 0) is 69.3 Å². The van der Waals surface area contributed by atoms with Crippen molar-refractivity contribution in [3.8, 4) is 6.07 Å². The Kier molecular flexibility index (Phi) is 4.71. The molecule has 0 saturated heterocycles. The van der Waals surface area contributed by atoms with Crippen LogP contribution in [-0.2, 0) is 4.74 Å². The van der Waals surface area contributed by atoms with Gasteiger partial charge in [-0.1, -0.05) is 22.8 Å². The lowest BCUT2D eigenvalue weighted by molar-refractivity contribution is 0.187. The van der Waals surface area contributed by atoms with Gasteiger partial charge < -0.3 is 4.74 Å². The molecule has 22 heavy (non-hydrogen) atoms. The third-order valence-corrected chi connectivity index (χ3v) is 6.07. The summed E-state index contributed by atoms with van der Waals surface area (Å²) >= 11 is 0. The van der Waals surface area contributed by atoms with E-state index in [0.717, 1.165) is 36.9 Å². The van der Waals surface area contributed by atoms with Crippen molar-refractivity contribution in [2.45, 2.75) is 58.3 Å². The standard InChI is InChI=1S/C20H27NO/c1-3-14-6-9-20-18-11-8-16(22-2)13-15(18)7-10-19(20)17(14)5-4-12-21/h3,8,17,19-20H,4-7,9-11,13H2,1-2H3/b14-3+/t17-,19+,20-/m1/s1. The average Bonchev–Trinajstić information content (AvgIpc) is 2.58. The van der Waals surface area contributed by atoms with Gasteiger partial charge in [0.25, 0.3) is 0 Å². The Labute approximate surface area is 134 Å². The van der Waals surface area contributed by atoms with Gasteiger partial charge in [-0.15, -0.1) is 0 Å². The van der Waals surface area contributed by atoms with E-state index in [9.17, 15) is 0 Å². The third kappa shape index (κ3) is 2.74. The normalized spacial score (nSPS) is 32.9. The predicted octanol–water partition coefficient (Wildman–Crippen LogP) is 5.29. The molecular formula is C20H27NO. The molecule has 2 nitrogen and oxygen atoms in total. The van der Waals surface area contributed by atoms with Gasteiger partial charge in [0.2, 0.25) is 0 Å². The van der Waals surface area contributed by atoms with E-state index in [4.69, 9.17) is 10.00 Å². The van der Waals surface area contributed by atoms with Gasteiger partial charge in [0.05, 0.1) is 18.9 Å². The first-order chi connectivity index (χ1) is 10.8. The molecule has 0 radical (unpaired) electrons. The molecule has 3 rings (SSSR count). The first-order valence-corrected chi connectivity index (χ1v) is 8.74. The zero-order chi connectivity index (χ0) is 15.5. The van der Waals surface area contributed by atoms with E-state index < -0.39 is 0 Å². The number of hydrogen-bond acceptors (Lipinski definition) is 2. The summed E-state index contributed by atoms with van der Waals surface area (Å²) in [6.45, 7) is 2.18. The Bertz CT molecular complexity index is 561. The molecule has 0 aromatic heterocycles. The molecule has 0 amide bonds. The van der Waals surface area contributed by atoms with Crippen LogP contribution < -0.4 is 0 Å². The molecule has 0 spiro atoms. The van der Waals surface area contributed by atoms with Gasteiger partial charge in [-0.2, -0.15) is 5.26 Å². The van der Waals surface area contributed by atoms with Crippen molar-refractivity contribution in [1.29, 1.82) is 5.26 Å². The highest BCUT2D eigenvalue weighted by Gasteiger charge is 2.40. The van der Waals surface area contributed by atoms with Crippen molar-refractivity contribution >= 4 is 0 Å². The number of allylic oxidation sites excluding steroid dienone is 5. The molecule has 118 valence electrons. The molecule has 0 N–H and O–H groups in total.